The van der Waals surface area contributed by atoms with Crippen molar-refractivity contribution in [3.05, 3.63) is 68.4 Å². The van der Waals surface area contributed by atoms with Gasteiger partial charge in [0.1, 0.15) is 5.39 Å². The van der Waals surface area contributed by atoms with Crippen LogP contribution in [0.5, 0.6) is 0 Å². The highest BCUT2D eigenvalue weighted by molar-refractivity contribution is 8.00. The van der Waals surface area contributed by atoms with Gasteiger partial charge in [-0.25, -0.2) is 14.5 Å². The Morgan fingerprint density at radius 2 is 2.00 bits per heavy atom. The van der Waals surface area contributed by atoms with Gasteiger partial charge in [0.15, 0.2) is 16.6 Å². The molecule has 0 aliphatic rings. The largest absolute Gasteiger partial charge is 0.465 e. The van der Waals surface area contributed by atoms with E-state index in [1.165, 1.54) is 18.0 Å². The summed E-state index contributed by atoms with van der Waals surface area (Å²) in [5.41, 5.74) is 2.38. The Bertz CT molecular complexity index is 1460. The minimum atomic E-state index is -0.601. The minimum Gasteiger partial charge on any atom is -0.465 e. The molecule has 1 aromatic carbocycles. The molecule has 0 saturated heterocycles. The molecule has 170 valence electrons. The number of ketones is 1. The lowest BCUT2D eigenvalue weighted by Gasteiger charge is -2.10. The molecule has 4 rings (SSSR count). The normalized spacial score (nSPS) is 12.2. The predicted octanol–water partition coefficient (Wildman–Crippen LogP) is 3.86. The Kier molecular flexibility index (Phi) is 6.13. The Morgan fingerprint density at radius 3 is 2.70 bits per heavy atom. The van der Waals surface area contributed by atoms with Gasteiger partial charge >= 0.3 is 5.97 Å². The molecule has 1 unspecified atom stereocenters. The van der Waals surface area contributed by atoms with Crippen molar-refractivity contribution in [3.8, 4) is 5.69 Å². The van der Waals surface area contributed by atoms with Crippen molar-refractivity contribution in [1.82, 2.24) is 24.7 Å². The summed E-state index contributed by atoms with van der Waals surface area (Å²) in [6, 6.07) is 7.03. The summed E-state index contributed by atoms with van der Waals surface area (Å²) in [7, 11) is 1.29. The molecule has 9 nitrogen and oxygen atoms in total. The number of H-pyrrole nitrogens is 2. The molecule has 1 atom stereocenters. The van der Waals surface area contributed by atoms with Crippen molar-refractivity contribution in [2.75, 3.05) is 7.11 Å². The third kappa shape index (κ3) is 4.19. The lowest BCUT2D eigenvalue weighted by molar-refractivity contribution is 0.0599. The molecule has 11 heteroatoms. The molecule has 4 aromatic rings. The number of nitrogens with zero attached hydrogens (tertiary/aromatic N) is 3. The van der Waals surface area contributed by atoms with Gasteiger partial charge in [-0.2, -0.15) is 5.10 Å². The SMILES string of the molecule is COC(=O)c1c(C)[nH]c(C(=O)C(C)Sc2nc3c(cnn3-c3cccc(Cl)c3)c(=O)[nH]2)c1C. The van der Waals surface area contributed by atoms with E-state index in [1.54, 1.807) is 45.0 Å². The molecule has 0 fully saturated rings. The third-order valence-electron chi connectivity index (χ3n) is 5.20. The first kappa shape index (κ1) is 22.8. The summed E-state index contributed by atoms with van der Waals surface area (Å²) in [5, 5.41) is 4.78. The Balaban J connectivity index is 1.67. The van der Waals surface area contributed by atoms with Gasteiger partial charge in [0.2, 0.25) is 0 Å². The quantitative estimate of drug-likeness (QED) is 0.184. The van der Waals surface area contributed by atoms with E-state index in [4.69, 9.17) is 16.3 Å². The first-order valence-electron chi connectivity index (χ1n) is 9.93. The topological polar surface area (TPSA) is 123 Å². The molecule has 2 N–H and O–H groups in total. The number of aromatic nitrogens is 5. The van der Waals surface area contributed by atoms with Crippen LogP contribution >= 0.6 is 23.4 Å². The number of esters is 1. The summed E-state index contributed by atoms with van der Waals surface area (Å²) >= 11 is 7.19. The zero-order valence-electron chi connectivity index (χ0n) is 18.2. The molecule has 0 aliphatic carbocycles. The maximum atomic E-state index is 13.1. The molecule has 3 heterocycles. The summed E-state index contributed by atoms with van der Waals surface area (Å²) in [4.78, 5) is 48.0. The van der Waals surface area contributed by atoms with Gasteiger partial charge < -0.3 is 14.7 Å². The molecule has 33 heavy (non-hydrogen) atoms. The van der Waals surface area contributed by atoms with Crippen molar-refractivity contribution in [2.24, 2.45) is 0 Å². The van der Waals surface area contributed by atoms with Crippen molar-refractivity contribution >= 4 is 46.1 Å². The molecule has 0 spiro atoms. The molecule has 0 saturated carbocycles. The van der Waals surface area contributed by atoms with Gasteiger partial charge in [-0.1, -0.05) is 29.4 Å². The maximum absolute atomic E-state index is 13.1. The smallest absolute Gasteiger partial charge is 0.339 e. The van der Waals surface area contributed by atoms with E-state index in [0.717, 1.165) is 11.8 Å². The van der Waals surface area contributed by atoms with E-state index in [1.807, 2.05) is 0 Å². The lowest BCUT2D eigenvalue weighted by atomic mass is 10.1. The number of hydrogen-bond acceptors (Lipinski definition) is 7. The number of ether oxygens (including phenoxy) is 1. The van der Waals surface area contributed by atoms with Gasteiger partial charge in [0.05, 0.1) is 35.5 Å². The zero-order chi connectivity index (χ0) is 23.9. The number of hydrogen-bond donors (Lipinski definition) is 2. The standard InChI is InChI=1S/C22H20ClN5O4S/c1-10-16(21(31)32-4)11(2)25-17(10)18(29)12(3)33-22-26-19-15(20(30)27-22)9-24-28(19)14-7-5-6-13(23)8-14/h5-9,12,25H,1-4H3,(H,26,27,30). The fourth-order valence-electron chi connectivity index (χ4n) is 3.58. The Morgan fingerprint density at radius 1 is 1.24 bits per heavy atom. The number of rotatable bonds is 6. The summed E-state index contributed by atoms with van der Waals surface area (Å²) in [6.07, 6.45) is 1.44. The molecular formula is C22H20ClN5O4S. The van der Waals surface area contributed by atoms with Gasteiger partial charge in [0.25, 0.3) is 5.56 Å². The van der Waals surface area contributed by atoms with E-state index in [2.05, 4.69) is 20.1 Å². The third-order valence-corrected chi connectivity index (χ3v) is 6.42. The van der Waals surface area contributed by atoms with Crippen LogP contribution in [0.1, 0.15) is 39.0 Å². The summed E-state index contributed by atoms with van der Waals surface area (Å²) in [6.45, 7) is 5.10. The maximum Gasteiger partial charge on any atom is 0.339 e. The van der Waals surface area contributed by atoms with Crippen molar-refractivity contribution in [3.63, 3.8) is 0 Å². The van der Waals surface area contributed by atoms with Crippen LogP contribution in [0.2, 0.25) is 5.02 Å². The average Bonchev–Trinajstić information content (AvgIpc) is 3.33. The number of carbonyl (C=O) groups is 2. The number of halogens is 1. The Labute approximate surface area is 197 Å². The number of Topliss-reactive ketones (excluding diaryl/α,β-unsaturated/α-hetero) is 1. The highest BCUT2D eigenvalue weighted by Crippen LogP contribution is 2.27. The van der Waals surface area contributed by atoms with Crippen LogP contribution < -0.4 is 5.56 Å². The van der Waals surface area contributed by atoms with E-state index >= 15 is 0 Å². The number of nitrogens with one attached hydrogen (secondary N) is 2. The Hall–Kier alpha value is -3.37. The van der Waals surface area contributed by atoms with Gasteiger partial charge in [-0.05, 0) is 44.5 Å². The fraction of sp³-hybridized carbons (Fsp3) is 0.227. The van der Waals surface area contributed by atoms with Crippen LogP contribution in [-0.2, 0) is 4.74 Å². The van der Waals surface area contributed by atoms with E-state index < -0.39 is 11.2 Å². The first-order valence-corrected chi connectivity index (χ1v) is 11.2. The van der Waals surface area contributed by atoms with Crippen molar-refractivity contribution in [1.29, 1.82) is 0 Å². The molecule has 0 bridgehead atoms. The van der Waals surface area contributed by atoms with Crippen LogP contribution in [0.4, 0.5) is 0 Å². The first-order chi connectivity index (χ1) is 15.7. The molecule has 0 aliphatic heterocycles. The average molecular weight is 486 g/mol. The number of aryl methyl sites for hydroxylation is 1. The van der Waals surface area contributed by atoms with Crippen LogP contribution in [0.3, 0.4) is 0 Å². The van der Waals surface area contributed by atoms with Crippen molar-refractivity contribution in [2.45, 2.75) is 31.2 Å². The number of carbonyl (C=O) groups excluding carboxylic acids is 2. The minimum absolute atomic E-state index is 0.234. The molecule has 0 amide bonds. The number of aromatic amines is 2. The summed E-state index contributed by atoms with van der Waals surface area (Å²) in [5.74, 6) is -0.742. The second kappa shape index (κ2) is 8.87. The van der Waals surface area contributed by atoms with E-state index in [0.29, 0.717) is 44.3 Å². The van der Waals surface area contributed by atoms with Crippen LogP contribution in [0.15, 0.2) is 40.4 Å². The highest BCUT2D eigenvalue weighted by Gasteiger charge is 2.26. The van der Waals surface area contributed by atoms with Gasteiger partial charge in [0, 0.05) is 10.7 Å². The number of benzene rings is 1. The fourth-order valence-corrected chi connectivity index (χ4v) is 4.61. The van der Waals surface area contributed by atoms with E-state index in [9.17, 15) is 14.4 Å². The predicted molar refractivity (Wildman–Crippen MR) is 126 cm³/mol. The van der Waals surface area contributed by atoms with Crippen LogP contribution in [-0.4, -0.2) is 48.8 Å². The number of fused-ring (bicyclic) bond motifs is 1. The van der Waals surface area contributed by atoms with Gasteiger partial charge in [-0.3, -0.25) is 9.59 Å². The van der Waals surface area contributed by atoms with Gasteiger partial charge in [-0.15, -0.1) is 0 Å². The molecular weight excluding hydrogens is 466 g/mol. The number of thioether (sulfide) groups is 1. The van der Waals surface area contributed by atoms with Crippen LogP contribution in [0.25, 0.3) is 16.7 Å². The van der Waals surface area contributed by atoms with Crippen molar-refractivity contribution < 1.29 is 14.3 Å². The molecule has 3 aromatic heterocycles. The number of methoxy groups -OCH3 is 1. The monoisotopic (exact) mass is 485 g/mol. The second-order valence-electron chi connectivity index (χ2n) is 7.39. The van der Waals surface area contributed by atoms with Crippen LogP contribution in [0, 0.1) is 13.8 Å². The second-order valence-corrected chi connectivity index (χ2v) is 9.15. The van der Waals surface area contributed by atoms with E-state index in [-0.39, 0.29) is 16.5 Å². The molecule has 0 radical (unpaired) electrons. The highest BCUT2D eigenvalue weighted by atomic mass is 35.5. The lowest BCUT2D eigenvalue weighted by Crippen LogP contribution is -2.17. The zero-order valence-corrected chi connectivity index (χ0v) is 19.8. The summed E-state index contributed by atoms with van der Waals surface area (Å²) < 4.78 is 6.33.